The highest BCUT2D eigenvalue weighted by Crippen LogP contribution is 2.32. The molecule has 1 aliphatic rings. The van der Waals surface area contributed by atoms with Gasteiger partial charge in [0.15, 0.2) is 0 Å². The summed E-state index contributed by atoms with van der Waals surface area (Å²) in [5.41, 5.74) is 1.26. The first-order valence-electron chi connectivity index (χ1n) is 8.83. The van der Waals surface area contributed by atoms with Gasteiger partial charge in [0.1, 0.15) is 0 Å². The van der Waals surface area contributed by atoms with E-state index >= 15 is 0 Å². The third-order valence-electron chi connectivity index (χ3n) is 4.22. The van der Waals surface area contributed by atoms with Crippen molar-refractivity contribution in [1.29, 1.82) is 0 Å². The number of amides is 1. The van der Waals surface area contributed by atoms with E-state index in [4.69, 9.17) is 0 Å². The van der Waals surface area contributed by atoms with E-state index in [9.17, 15) is 18.0 Å². The monoisotopic (exact) mass is 381 g/mol. The summed E-state index contributed by atoms with van der Waals surface area (Å²) in [6, 6.07) is 7.11. The minimum atomic E-state index is -4.66. The van der Waals surface area contributed by atoms with Crippen LogP contribution in [0.1, 0.15) is 51.5 Å². The zero-order chi connectivity index (χ0) is 19.8. The largest absolute Gasteiger partial charge is 0.471 e. The molecule has 2 aromatic rings. The number of halogens is 3. The lowest BCUT2D eigenvalue weighted by atomic mass is 9.91. The fraction of sp³-hybridized carbons (Fsp3) is 0.526. The summed E-state index contributed by atoms with van der Waals surface area (Å²) in [5.74, 6) is -1.35. The fourth-order valence-corrected chi connectivity index (χ4v) is 2.77. The number of hydrogen-bond donors (Lipinski definition) is 0. The average Bonchev–Trinajstić information content (AvgIpc) is 3.25. The van der Waals surface area contributed by atoms with Crippen LogP contribution in [0, 0.1) is 5.41 Å². The van der Waals surface area contributed by atoms with Gasteiger partial charge < -0.3 is 9.42 Å². The van der Waals surface area contributed by atoms with Gasteiger partial charge in [0.25, 0.3) is 0 Å². The highest BCUT2D eigenvalue weighted by molar-refractivity contribution is 5.77. The summed E-state index contributed by atoms with van der Waals surface area (Å²) >= 11 is 0. The van der Waals surface area contributed by atoms with Crippen molar-refractivity contribution in [2.24, 2.45) is 5.41 Å². The van der Waals surface area contributed by atoms with Crippen molar-refractivity contribution in [3.63, 3.8) is 0 Å². The molecule has 1 aliphatic carbocycles. The zero-order valence-corrected chi connectivity index (χ0v) is 15.5. The molecule has 0 aliphatic heterocycles. The van der Waals surface area contributed by atoms with Gasteiger partial charge in [0.2, 0.25) is 11.7 Å². The van der Waals surface area contributed by atoms with Crippen LogP contribution < -0.4 is 0 Å². The van der Waals surface area contributed by atoms with Crippen LogP contribution in [0.3, 0.4) is 0 Å². The van der Waals surface area contributed by atoms with E-state index < -0.39 is 12.1 Å². The fourth-order valence-electron chi connectivity index (χ4n) is 2.77. The summed E-state index contributed by atoms with van der Waals surface area (Å²) in [6.07, 6.45) is -2.16. The lowest BCUT2D eigenvalue weighted by Crippen LogP contribution is -2.34. The molecule has 1 saturated carbocycles. The minimum absolute atomic E-state index is 0.0805. The Morgan fingerprint density at radius 1 is 1.19 bits per heavy atom. The van der Waals surface area contributed by atoms with E-state index in [0.717, 1.165) is 18.4 Å². The quantitative estimate of drug-likeness (QED) is 0.754. The molecule has 0 N–H and O–H groups in total. The molecule has 5 nitrogen and oxygen atoms in total. The van der Waals surface area contributed by atoms with E-state index in [1.54, 1.807) is 24.3 Å². The second-order valence-corrected chi connectivity index (χ2v) is 8.11. The summed E-state index contributed by atoms with van der Waals surface area (Å²) in [7, 11) is 0. The lowest BCUT2D eigenvalue weighted by molar-refractivity contribution is -0.159. The number of carbonyl (C=O) groups excluding carboxylic acids is 1. The number of alkyl halides is 3. The molecule has 1 heterocycles. The second kappa shape index (κ2) is 6.98. The highest BCUT2D eigenvalue weighted by atomic mass is 19.4. The Kier molecular flexibility index (Phi) is 5.01. The van der Waals surface area contributed by atoms with Gasteiger partial charge in [-0.3, -0.25) is 4.79 Å². The molecule has 0 atom stereocenters. The molecular weight excluding hydrogens is 359 g/mol. The molecule has 8 heteroatoms. The SMILES string of the molecule is CC(C)(C)CC(=O)N(Cc1ccc(-c2noc(C(F)(F)F)n2)cc1)C1CC1. The van der Waals surface area contributed by atoms with Crippen LogP contribution in [-0.2, 0) is 17.5 Å². The van der Waals surface area contributed by atoms with Gasteiger partial charge in [-0.25, -0.2) is 0 Å². The van der Waals surface area contributed by atoms with Crippen LogP contribution >= 0.6 is 0 Å². The van der Waals surface area contributed by atoms with Crippen LogP contribution in [0.4, 0.5) is 13.2 Å². The summed E-state index contributed by atoms with van der Waals surface area (Å²) in [6.45, 7) is 6.58. The maximum atomic E-state index is 12.6. The van der Waals surface area contributed by atoms with Crippen LogP contribution in [0.25, 0.3) is 11.4 Å². The molecule has 146 valence electrons. The van der Waals surface area contributed by atoms with Crippen molar-refractivity contribution in [2.75, 3.05) is 0 Å². The standard InChI is InChI=1S/C19H22F3N3O2/c1-18(2,3)10-15(26)25(14-8-9-14)11-12-4-6-13(7-5-12)16-23-17(27-24-16)19(20,21)22/h4-7,14H,8-11H2,1-3H3. The number of benzene rings is 1. The van der Waals surface area contributed by atoms with Crippen LogP contribution in [0.5, 0.6) is 0 Å². The second-order valence-electron chi connectivity index (χ2n) is 8.11. The predicted molar refractivity (Wildman–Crippen MR) is 92.4 cm³/mol. The summed E-state index contributed by atoms with van der Waals surface area (Å²) in [4.78, 5) is 17.9. The normalized spacial score (nSPS) is 15.0. The van der Waals surface area contributed by atoms with Gasteiger partial charge in [0.05, 0.1) is 0 Å². The highest BCUT2D eigenvalue weighted by Gasteiger charge is 2.38. The third kappa shape index (κ3) is 5.08. The molecule has 0 saturated heterocycles. The number of aromatic nitrogens is 2. The van der Waals surface area contributed by atoms with Crippen molar-refractivity contribution in [1.82, 2.24) is 15.0 Å². The Morgan fingerprint density at radius 2 is 1.81 bits per heavy atom. The zero-order valence-electron chi connectivity index (χ0n) is 15.5. The Bertz CT molecular complexity index is 803. The molecule has 1 aromatic heterocycles. The first-order valence-corrected chi connectivity index (χ1v) is 8.83. The topological polar surface area (TPSA) is 59.2 Å². The Hall–Kier alpha value is -2.38. The van der Waals surface area contributed by atoms with Crippen LogP contribution in [0.2, 0.25) is 0 Å². The van der Waals surface area contributed by atoms with E-state index in [0.29, 0.717) is 18.5 Å². The first-order chi connectivity index (χ1) is 12.5. The Labute approximate surface area is 155 Å². The molecule has 1 fully saturated rings. The van der Waals surface area contributed by atoms with Crippen molar-refractivity contribution in [3.8, 4) is 11.4 Å². The van der Waals surface area contributed by atoms with Crippen molar-refractivity contribution in [3.05, 3.63) is 35.7 Å². The van der Waals surface area contributed by atoms with Gasteiger partial charge >= 0.3 is 12.1 Å². The van der Waals surface area contributed by atoms with Crippen LogP contribution in [0.15, 0.2) is 28.8 Å². The number of carbonyl (C=O) groups is 1. The van der Waals surface area contributed by atoms with Gasteiger partial charge in [0, 0.05) is 24.6 Å². The van der Waals surface area contributed by atoms with Gasteiger partial charge in [-0.1, -0.05) is 50.2 Å². The maximum absolute atomic E-state index is 12.6. The molecule has 3 rings (SSSR count). The lowest BCUT2D eigenvalue weighted by Gasteiger charge is -2.27. The Morgan fingerprint density at radius 3 is 2.30 bits per heavy atom. The third-order valence-corrected chi connectivity index (χ3v) is 4.22. The first kappa shape index (κ1) is 19.4. The number of hydrogen-bond acceptors (Lipinski definition) is 4. The molecule has 27 heavy (non-hydrogen) atoms. The van der Waals surface area contributed by atoms with E-state index in [1.165, 1.54) is 0 Å². The molecule has 0 spiro atoms. The average molecular weight is 381 g/mol. The van der Waals surface area contributed by atoms with Gasteiger partial charge in [-0.2, -0.15) is 18.2 Å². The van der Waals surface area contributed by atoms with Crippen molar-refractivity contribution < 1.29 is 22.5 Å². The van der Waals surface area contributed by atoms with Gasteiger partial charge in [-0.15, -0.1) is 0 Å². The number of nitrogens with zero attached hydrogens (tertiary/aromatic N) is 3. The van der Waals surface area contributed by atoms with E-state index in [2.05, 4.69) is 14.7 Å². The molecule has 0 unspecified atom stereocenters. The van der Waals surface area contributed by atoms with Crippen molar-refractivity contribution >= 4 is 5.91 Å². The maximum Gasteiger partial charge on any atom is 0.471 e. The summed E-state index contributed by atoms with van der Waals surface area (Å²) in [5, 5.41) is 3.38. The summed E-state index contributed by atoms with van der Waals surface area (Å²) < 4.78 is 42.0. The molecular formula is C19H22F3N3O2. The molecule has 1 aromatic carbocycles. The predicted octanol–water partition coefficient (Wildman–Crippen LogP) is 4.68. The molecule has 0 bridgehead atoms. The molecule has 0 radical (unpaired) electrons. The van der Waals surface area contributed by atoms with E-state index in [-0.39, 0.29) is 23.2 Å². The number of rotatable bonds is 5. The van der Waals surface area contributed by atoms with Crippen molar-refractivity contribution in [2.45, 2.75) is 58.8 Å². The minimum Gasteiger partial charge on any atom is -0.335 e. The van der Waals surface area contributed by atoms with Gasteiger partial charge in [-0.05, 0) is 23.8 Å². The molecule has 1 amide bonds. The van der Waals surface area contributed by atoms with Crippen LogP contribution in [-0.4, -0.2) is 27.0 Å². The smallest absolute Gasteiger partial charge is 0.335 e. The van der Waals surface area contributed by atoms with E-state index in [1.807, 2.05) is 25.7 Å². The Balaban J connectivity index is 1.71.